The number of fused-ring (bicyclic) bond motifs is 1. The number of nitrogens with two attached hydrogens (primary N) is 1. The Morgan fingerprint density at radius 3 is 2.54 bits per heavy atom. The summed E-state index contributed by atoms with van der Waals surface area (Å²) < 4.78 is 10.7. The Hall–Kier alpha value is -1.83. The number of halogens is 1. The molecule has 0 fully saturated rings. The van der Waals surface area contributed by atoms with Gasteiger partial charge >= 0.3 is 0 Å². The second-order valence-electron chi connectivity index (χ2n) is 5.28. The fraction of sp³-hybridized carbons (Fsp3) is 0.375. The molecule has 1 aliphatic heterocycles. The third-order valence-corrected chi connectivity index (χ3v) is 4.82. The van der Waals surface area contributed by atoms with Gasteiger partial charge < -0.3 is 20.1 Å². The molecule has 0 saturated heterocycles. The summed E-state index contributed by atoms with van der Waals surface area (Å²) in [7, 11) is 3.24. The lowest BCUT2D eigenvalue weighted by Gasteiger charge is -2.29. The van der Waals surface area contributed by atoms with Crippen molar-refractivity contribution in [2.24, 2.45) is 5.73 Å². The van der Waals surface area contributed by atoms with Gasteiger partial charge in [-0.15, -0.1) is 23.7 Å². The Labute approximate surface area is 151 Å². The molecule has 8 heteroatoms. The van der Waals surface area contributed by atoms with Crippen LogP contribution in [0, 0.1) is 0 Å². The van der Waals surface area contributed by atoms with Crippen molar-refractivity contribution in [3.8, 4) is 11.5 Å². The lowest BCUT2D eigenvalue weighted by molar-refractivity contribution is 0.0729. The van der Waals surface area contributed by atoms with Gasteiger partial charge in [0.2, 0.25) is 0 Å². The fourth-order valence-corrected chi connectivity index (χ4v) is 3.37. The van der Waals surface area contributed by atoms with Crippen LogP contribution in [0.5, 0.6) is 11.5 Å². The van der Waals surface area contributed by atoms with E-state index in [-0.39, 0.29) is 18.3 Å². The van der Waals surface area contributed by atoms with Gasteiger partial charge in [0.05, 0.1) is 14.2 Å². The van der Waals surface area contributed by atoms with Crippen molar-refractivity contribution in [3.05, 3.63) is 39.3 Å². The Morgan fingerprint density at radius 1 is 1.29 bits per heavy atom. The highest BCUT2D eigenvalue weighted by Crippen LogP contribution is 2.33. The van der Waals surface area contributed by atoms with E-state index in [0.29, 0.717) is 31.1 Å². The second kappa shape index (κ2) is 7.83. The number of carbonyl (C=O) groups is 1. The SMILES string of the molecule is COc1cc2c(cc1OC)CN(C(=O)c1csc(CN)n1)CC2.Cl. The van der Waals surface area contributed by atoms with Gasteiger partial charge in [0.1, 0.15) is 10.7 Å². The number of carbonyl (C=O) groups excluding carboxylic acids is 1. The first-order valence-corrected chi connectivity index (χ1v) is 8.21. The minimum atomic E-state index is -0.0543. The molecule has 0 spiro atoms. The lowest BCUT2D eigenvalue weighted by atomic mass is 9.98. The van der Waals surface area contributed by atoms with Crippen LogP contribution in [0.15, 0.2) is 17.5 Å². The summed E-state index contributed by atoms with van der Waals surface area (Å²) in [6, 6.07) is 3.94. The number of benzene rings is 1. The van der Waals surface area contributed by atoms with Crippen LogP contribution in [0.4, 0.5) is 0 Å². The molecule has 0 radical (unpaired) electrons. The van der Waals surface area contributed by atoms with E-state index < -0.39 is 0 Å². The molecule has 1 aromatic carbocycles. The van der Waals surface area contributed by atoms with E-state index in [9.17, 15) is 4.79 Å². The molecule has 3 rings (SSSR count). The van der Waals surface area contributed by atoms with E-state index >= 15 is 0 Å². The molecule has 2 heterocycles. The maximum Gasteiger partial charge on any atom is 0.273 e. The summed E-state index contributed by atoms with van der Waals surface area (Å²) in [5.74, 6) is 1.35. The molecule has 2 N–H and O–H groups in total. The zero-order valence-corrected chi connectivity index (χ0v) is 15.2. The first kappa shape index (κ1) is 18.5. The van der Waals surface area contributed by atoms with Gasteiger partial charge in [-0.2, -0.15) is 0 Å². The molecule has 2 aromatic rings. The monoisotopic (exact) mass is 369 g/mol. The number of amides is 1. The molecule has 1 amide bonds. The Bertz CT molecular complexity index is 735. The lowest BCUT2D eigenvalue weighted by Crippen LogP contribution is -2.36. The number of ether oxygens (including phenoxy) is 2. The highest BCUT2D eigenvalue weighted by Gasteiger charge is 2.25. The van der Waals surface area contributed by atoms with E-state index in [2.05, 4.69) is 4.98 Å². The number of nitrogens with zero attached hydrogens (tertiary/aromatic N) is 2. The van der Waals surface area contributed by atoms with Crippen molar-refractivity contribution in [3.63, 3.8) is 0 Å². The number of hydrogen-bond donors (Lipinski definition) is 1. The predicted octanol–water partition coefficient (Wildman–Crippen LogP) is 2.24. The smallest absolute Gasteiger partial charge is 0.273 e. The van der Waals surface area contributed by atoms with Crippen molar-refractivity contribution in [2.45, 2.75) is 19.5 Å². The Morgan fingerprint density at radius 2 is 1.96 bits per heavy atom. The normalized spacial score (nSPS) is 13.0. The third-order valence-electron chi connectivity index (χ3n) is 3.95. The van der Waals surface area contributed by atoms with E-state index in [4.69, 9.17) is 15.2 Å². The molecule has 0 unspecified atom stereocenters. The topological polar surface area (TPSA) is 77.7 Å². The van der Waals surface area contributed by atoms with Crippen LogP contribution in [0.25, 0.3) is 0 Å². The number of methoxy groups -OCH3 is 2. The quantitative estimate of drug-likeness (QED) is 0.894. The van der Waals surface area contributed by atoms with Crippen LogP contribution in [0.3, 0.4) is 0 Å². The zero-order chi connectivity index (χ0) is 16.4. The molecule has 0 bridgehead atoms. The largest absolute Gasteiger partial charge is 0.493 e. The van der Waals surface area contributed by atoms with Gasteiger partial charge in [0.15, 0.2) is 11.5 Å². The molecule has 1 aromatic heterocycles. The minimum Gasteiger partial charge on any atom is -0.493 e. The number of aromatic nitrogens is 1. The minimum absolute atomic E-state index is 0. The summed E-state index contributed by atoms with van der Waals surface area (Å²) in [6.45, 7) is 1.57. The van der Waals surface area contributed by atoms with Crippen LogP contribution >= 0.6 is 23.7 Å². The third kappa shape index (κ3) is 3.48. The van der Waals surface area contributed by atoms with Crippen molar-refractivity contribution in [1.82, 2.24) is 9.88 Å². The summed E-state index contributed by atoms with van der Waals surface area (Å²) in [5.41, 5.74) is 8.30. The van der Waals surface area contributed by atoms with Crippen LogP contribution in [0.2, 0.25) is 0 Å². The number of rotatable bonds is 4. The molecular formula is C16H20ClN3O3S. The highest BCUT2D eigenvalue weighted by atomic mass is 35.5. The number of thiazole rings is 1. The van der Waals surface area contributed by atoms with Crippen molar-refractivity contribution in [2.75, 3.05) is 20.8 Å². The number of hydrogen-bond acceptors (Lipinski definition) is 6. The van der Waals surface area contributed by atoms with Gasteiger partial charge in [0.25, 0.3) is 5.91 Å². The van der Waals surface area contributed by atoms with Crippen LogP contribution in [-0.2, 0) is 19.5 Å². The van der Waals surface area contributed by atoms with Crippen molar-refractivity contribution in [1.29, 1.82) is 0 Å². The predicted molar refractivity (Wildman–Crippen MR) is 95.2 cm³/mol. The van der Waals surface area contributed by atoms with Gasteiger partial charge in [-0.05, 0) is 29.7 Å². The van der Waals surface area contributed by atoms with Gasteiger partial charge in [-0.25, -0.2) is 4.98 Å². The van der Waals surface area contributed by atoms with Crippen molar-refractivity contribution >= 4 is 29.7 Å². The Kier molecular flexibility index (Phi) is 6.04. The van der Waals surface area contributed by atoms with Crippen LogP contribution in [0.1, 0.15) is 26.6 Å². The molecule has 1 aliphatic rings. The van der Waals surface area contributed by atoms with Gasteiger partial charge in [-0.1, -0.05) is 0 Å². The van der Waals surface area contributed by atoms with E-state index in [0.717, 1.165) is 22.7 Å². The molecule has 0 aliphatic carbocycles. The van der Waals surface area contributed by atoms with Gasteiger partial charge in [0, 0.05) is 25.0 Å². The molecule has 0 atom stereocenters. The second-order valence-corrected chi connectivity index (χ2v) is 6.23. The molecular weight excluding hydrogens is 350 g/mol. The van der Waals surface area contributed by atoms with Crippen LogP contribution in [-0.4, -0.2) is 36.6 Å². The standard InChI is InChI=1S/C16H19N3O3S.ClH/c1-21-13-5-10-3-4-19(8-11(10)6-14(13)22-2)16(20)12-9-23-15(7-17)18-12;/h5-6,9H,3-4,7-8,17H2,1-2H3;1H. The first-order valence-electron chi connectivity index (χ1n) is 7.33. The summed E-state index contributed by atoms with van der Waals surface area (Å²) in [6.07, 6.45) is 0.787. The molecule has 0 saturated carbocycles. The summed E-state index contributed by atoms with van der Waals surface area (Å²) in [4.78, 5) is 18.7. The van der Waals surface area contributed by atoms with E-state index in [1.807, 2.05) is 17.0 Å². The van der Waals surface area contributed by atoms with E-state index in [1.54, 1.807) is 19.6 Å². The van der Waals surface area contributed by atoms with Crippen molar-refractivity contribution < 1.29 is 14.3 Å². The zero-order valence-electron chi connectivity index (χ0n) is 13.6. The molecule has 130 valence electrons. The fourth-order valence-electron chi connectivity index (χ4n) is 2.72. The maximum absolute atomic E-state index is 12.6. The average molecular weight is 370 g/mol. The highest BCUT2D eigenvalue weighted by molar-refractivity contribution is 7.09. The van der Waals surface area contributed by atoms with Crippen LogP contribution < -0.4 is 15.2 Å². The first-order chi connectivity index (χ1) is 11.2. The van der Waals surface area contributed by atoms with E-state index in [1.165, 1.54) is 16.9 Å². The summed E-state index contributed by atoms with van der Waals surface area (Å²) in [5, 5.41) is 2.55. The average Bonchev–Trinajstić information content (AvgIpc) is 3.08. The van der Waals surface area contributed by atoms with Gasteiger partial charge in [-0.3, -0.25) is 4.79 Å². The summed E-state index contributed by atoms with van der Waals surface area (Å²) >= 11 is 1.42. The molecule has 24 heavy (non-hydrogen) atoms. The Balaban J connectivity index is 0.00000208. The maximum atomic E-state index is 12.6. The molecule has 6 nitrogen and oxygen atoms in total.